The summed E-state index contributed by atoms with van der Waals surface area (Å²) in [6, 6.07) is -1.18. The summed E-state index contributed by atoms with van der Waals surface area (Å²) in [6.45, 7) is -0.182. The van der Waals surface area contributed by atoms with Crippen molar-refractivity contribution in [2.75, 3.05) is 26.1 Å². The number of nitrogens with one attached hydrogen (secondary N) is 1. The molecule has 0 aliphatic carbocycles. The Morgan fingerprint density at radius 3 is 2.74 bits per heavy atom. The second kappa shape index (κ2) is 6.44. The van der Waals surface area contributed by atoms with Gasteiger partial charge in [0.15, 0.2) is 0 Å². The van der Waals surface area contributed by atoms with Crippen molar-refractivity contribution in [2.24, 2.45) is 0 Å². The van der Waals surface area contributed by atoms with Crippen LogP contribution >= 0.6 is 0 Å². The molecule has 0 fully saturated rings. The molecule has 104 valence electrons. The van der Waals surface area contributed by atoms with Crippen molar-refractivity contribution in [3.8, 4) is 5.88 Å². The van der Waals surface area contributed by atoms with Crippen molar-refractivity contribution in [2.45, 2.75) is 6.04 Å². The second-order valence-corrected chi connectivity index (χ2v) is 3.33. The summed E-state index contributed by atoms with van der Waals surface area (Å²) in [5, 5.41) is 22.3. The summed E-state index contributed by atoms with van der Waals surface area (Å²) < 4.78 is 9.44. The summed E-state index contributed by atoms with van der Waals surface area (Å²) in [4.78, 5) is 28.4. The topological polar surface area (TPSA) is 137 Å². The van der Waals surface area contributed by atoms with Gasteiger partial charge in [-0.2, -0.15) is 4.98 Å². The van der Waals surface area contributed by atoms with Gasteiger partial charge in [0.2, 0.25) is 5.82 Å². The number of aliphatic carboxylic acids is 1. The lowest BCUT2D eigenvalue weighted by Crippen LogP contribution is -2.34. The third-order valence-corrected chi connectivity index (χ3v) is 2.11. The van der Waals surface area contributed by atoms with E-state index < -0.39 is 22.6 Å². The highest BCUT2D eigenvalue weighted by Gasteiger charge is 2.27. The van der Waals surface area contributed by atoms with Crippen LogP contribution in [0.15, 0.2) is 6.33 Å². The Morgan fingerprint density at radius 2 is 2.26 bits per heavy atom. The van der Waals surface area contributed by atoms with Gasteiger partial charge < -0.3 is 19.9 Å². The molecule has 1 heterocycles. The van der Waals surface area contributed by atoms with Crippen molar-refractivity contribution >= 4 is 17.5 Å². The van der Waals surface area contributed by atoms with Crippen molar-refractivity contribution < 1.29 is 24.3 Å². The van der Waals surface area contributed by atoms with Crippen LogP contribution in [0.1, 0.15) is 0 Å². The highest BCUT2D eigenvalue weighted by Crippen LogP contribution is 2.30. The number of carboxylic acid groups (broad SMARTS) is 1. The van der Waals surface area contributed by atoms with E-state index in [4.69, 9.17) is 14.6 Å². The Morgan fingerprint density at radius 1 is 1.58 bits per heavy atom. The van der Waals surface area contributed by atoms with E-state index in [0.717, 1.165) is 6.33 Å². The highest BCUT2D eigenvalue weighted by atomic mass is 16.6. The predicted octanol–water partition coefficient (Wildman–Crippen LogP) is -0.0951. The SMILES string of the molecule is COCC(Nc1ncnc(OC)c1[N+](=O)[O-])C(=O)O. The summed E-state index contributed by atoms with van der Waals surface area (Å²) in [5.41, 5.74) is -0.535. The number of methoxy groups -OCH3 is 2. The summed E-state index contributed by atoms with van der Waals surface area (Å²) in [7, 11) is 2.52. The van der Waals surface area contributed by atoms with Gasteiger partial charge in [-0.3, -0.25) is 10.1 Å². The minimum absolute atomic E-state index is 0.182. The maximum absolute atomic E-state index is 10.9. The van der Waals surface area contributed by atoms with Gasteiger partial charge in [0.05, 0.1) is 18.6 Å². The van der Waals surface area contributed by atoms with Gasteiger partial charge in [-0.1, -0.05) is 0 Å². The first-order valence-electron chi connectivity index (χ1n) is 5.02. The van der Waals surface area contributed by atoms with E-state index in [0.29, 0.717) is 0 Å². The highest BCUT2D eigenvalue weighted by molar-refractivity contribution is 5.78. The van der Waals surface area contributed by atoms with E-state index in [1.165, 1.54) is 14.2 Å². The molecule has 1 unspecified atom stereocenters. The molecule has 0 radical (unpaired) electrons. The number of nitrogens with zero attached hydrogens (tertiary/aromatic N) is 3. The molecule has 0 spiro atoms. The number of rotatable bonds is 7. The Kier molecular flexibility index (Phi) is 4.94. The van der Waals surface area contributed by atoms with Crippen LogP contribution < -0.4 is 10.1 Å². The number of anilines is 1. The molecule has 0 aliphatic rings. The number of hydrogen-bond acceptors (Lipinski definition) is 8. The summed E-state index contributed by atoms with van der Waals surface area (Å²) in [5.74, 6) is -1.74. The number of carboxylic acids is 1. The largest absolute Gasteiger partial charge is 0.480 e. The quantitative estimate of drug-likeness (QED) is 0.515. The van der Waals surface area contributed by atoms with Crippen LogP contribution in [0.4, 0.5) is 11.5 Å². The molecule has 0 aliphatic heterocycles. The number of aromatic nitrogens is 2. The van der Waals surface area contributed by atoms with Crippen molar-refractivity contribution in [3.05, 3.63) is 16.4 Å². The fourth-order valence-corrected chi connectivity index (χ4v) is 1.29. The molecule has 19 heavy (non-hydrogen) atoms. The molecule has 0 aromatic carbocycles. The van der Waals surface area contributed by atoms with Gasteiger partial charge >= 0.3 is 11.7 Å². The lowest BCUT2D eigenvalue weighted by molar-refractivity contribution is -0.385. The van der Waals surface area contributed by atoms with Crippen LogP contribution in [-0.4, -0.2) is 52.8 Å². The van der Waals surface area contributed by atoms with Crippen LogP contribution in [0.3, 0.4) is 0 Å². The van der Waals surface area contributed by atoms with Crippen LogP contribution in [0, 0.1) is 10.1 Å². The van der Waals surface area contributed by atoms with E-state index >= 15 is 0 Å². The normalized spacial score (nSPS) is 11.7. The fraction of sp³-hybridized carbons (Fsp3) is 0.444. The number of hydrogen-bond donors (Lipinski definition) is 2. The molecular weight excluding hydrogens is 260 g/mol. The molecule has 0 saturated heterocycles. The lowest BCUT2D eigenvalue weighted by Gasteiger charge is -2.14. The molecule has 0 bridgehead atoms. The molecule has 0 amide bonds. The van der Waals surface area contributed by atoms with Crippen LogP contribution in [-0.2, 0) is 9.53 Å². The minimum Gasteiger partial charge on any atom is -0.480 e. The van der Waals surface area contributed by atoms with Crippen LogP contribution in [0.5, 0.6) is 5.88 Å². The first-order valence-corrected chi connectivity index (χ1v) is 5.02. The standard InChI is InChI=1S/C9H12N4O6/c1-18-3-5(9(14)15)12-7-6(13(16)17)8(19-2)11-4-10-7/h4-5H,3H2,1-2H3,(H,14,15)(H,10,11,12). The smallest absolute Gasteiger partial charge is 0.372 e. The predicted molar refractivity (Wildman–Crippen MR) is 62.2 cm³/mol. The molecule has 10 nitrogen and oxygen atoms in total. The third-order valence-electron chi connectivity index (χ3n) is 2.11. The zero-order valence-electron chi connectivity index (χ0n) is 10.2. The first kappa shape index (κ1) is 14.6. The molecular formula is C9H12N4O6. The van der Waals surface area contributed by atoms with Crippen LogP contribution in [0.2, 0.25) is 0 Å². The van der Waals surface area contributed by atoms with E-state index in [9.17, 15) is 14.9 Å². The molecule has 1 atom stereocenters. The van der Waals surface area contributed by atoms with E-state index in [1.54, 1.807) is 0 Å². The maximum atomic E-state index is 10.9. The van der Waals surface area contributed by atoms with Gasteiger partial charge in [-0.05, 0) is 0 Å². The lowest BCUT2D eigenvalue weighted by atomic mass is 10.3. The number of carbonyl (C=O) groups is 1. The minimum atomic E-state index is -1.23. The molecule has 10 heteroatoms. The Bertz CT molecular complexity index is 480. The fourth-order valence-electron chi connectivity index (χ4n) is 1.29. The van der Waals surface area contributed by atoms with Gasteiger partial charge in [-0.15, -0.1) is 0 Å². The average Bonchev–Trinajstić information content (AvgIpc) is 2.37. The van der Waals surface area contributed by atoms with E-state index in [2.05, 4.69) is 15.3 Å². The van der Waals surface area contributed by atoms with Gasteiger partial charge in [0, 0.05) is 7.11 Å². The van der Waals surface area contributed by atoms with Gasteiger partial charge in [0.25, 0.3) is 5.88 Å². The molecule has 1 aromatic heterocycles. The van der Waals surface area contributed by atoms with E-state index in [-0.39, 0.29) is 18.3 Å². The van der Waals surface area contributed by atoms with Crippen molar-refractivity contribution in [3.63, 3.8) is 0 Å². The molecule has 0 saturated carbocycles. The number of ether oxygens (including phenoxy) is 2. The van der Waals surface area contributed by atoms with Gasteiger partial charge in [0.1, 0.15) is 12.4 Å². The zero-order chi connectivity index (χ0) is 14.4. The first-order chi connectivity index (χ1) is 9.01. The Balaban J connectivity index is 3.12. The summed E-state index contributed by atoms with van der Waals surface area (Å²) in [6.07, 6.45) is 1.03. The van der Waals surface area contributed by atoms with Gasteiger partial charge in [-0.25, -0.2) is 9.78 Å². The third kappa shape index (κ3) is 3.48. The average molecular weight is 272 g/mol. The number of nitro groups is 1. The molecule has 2 N–H and O–H groups in total. The van der Waals surface area contributed by atoms with Crippen molar-refractivity contribution in [1.82, 2.24) is 9.97 Å². The zero-order valence-corrected chi connectivity index (χ0v) is 10.2. The van der Waals surface area contributed by atoms with Crippen LogP contribution in [0.25, 0.3) is 0 Å². The van der Waals surface area contributed by atoms with Crippen molar-refractivity contribution in [1.29, 1.82) is 0 Å². The van der Waals surface area contributed by atoms with E-state index in [1.807, 2.05) is 0 Å². The molecule has 1 rings (SSSR count). The summed E-state index contributed by atoms with van der Waals surface area (Å²) >= 11 is 0. The Labute approximate surface area is 107 Å². The molecule has 1 aromatic rings. The Hall–Kier alpha value is -2.49. The monoisotopic (exact) mass is 272 g/mol. The maximum Gasteiger partial charge on any atom is 0.372 e. The second-order valence-electron chi connectivity index (χ2n) is 3.33.